The number of carbonyl (C=O) groups excluding carboxylic acids is 1. The maximum absolute atomic E-state index is 11.2. The summed E-state index contributed by atoms with van der Waals surface area (Å²) in [6, 6.07) is 3.22. The van der Waals surface area contributed by atoms with Crippen molar-refractivity contribution in [3.8, 4) is 0 Å². The molecule has 0 saturated carbocycles. The molecule has 0 aliphatic heterocycles. The van der Waals surface area contributed by atoms with Gasteiger partial charge >= 0.3 is 0 Å². The lowest BCUT2D eigenvalue weighted by atomic mass is 10.4. The van der Waals surface area contributed by atoms with Crippen LogP contribution in [0.5, 0.6) is 0 Å². The summed E-state index contributed by atoms with van der Waals surface area (Å²) in [6.07, 6.45) is 1.51. The Labute approximate surface area is 100 Å². The van der Waals surface area contributed by atoms with Gasteiger partial charge in [0.25, 0.3) is 9.70 Å². The summed E-state index contributed by atoms with van der Waals surface area (Å²) in [7, 11) is 0. The molecule has 0 aliphatic rings. The molecule has 1 aromatic rings. The number of halogens is 3. The lowest BCUT2D eigenvalue weighted by molar-refractivity contribution is -0.115. The molecule has 0 unspecified atom stereocenters. The number of H-pyrrole nitrogens is 1. The molecule has 0 spiro atoms. The molecule has 76 valence electrons. The maximum atomic E-state index is 11.2. The zero-order valence-corrected chi connectivity index (χ0v) is 9.77. The van der Waals surface area contributed by atoms with E-state index in [2.05, 4.69) is 10.3 Å². The van der Waals surface area contributed by atoms with Gasteiger partial charge in [-0.3, -0.25) is 4.79 Å². The van der Waals surface area contributed by atoms with Gasteiger partial charge in [-0.1, -0.05) is 47.0 Å². The van der Waals surface area contributed by atoms with Gasteiger partial charge in [0.05, 0.1) is 5.69 Å². The van der Waals surface area contributed by atoms with Crippen molar-refractivity contribution in [1.82, 2.24) is 4.98 Å². The Balaban J connectivity index is 2.75. The summed E-state index contributed by atoms with van der Waals surface area (Å²) < 4.78 is -1.41. The second kappa shape index (κ2) is 4.49. The van der Waals surface area contributed by atoms with Crippen LogP contribution in [0.15, 0.2) is 18.3 Å². The highest BCUT2D eigenvalue weighted by atomic mass is 35.6. The molecule has 0 atom stereocenters. The van der Waals surface area contributed by atoms with Gasteiger partial charge in [0, 0.05) is 6.20 Å². The number of aromatic nitrogens is 1. The molecule has 0 bridgehead atoms. The highest BCUT2D eigenvalue weighted by Crippen LogP contribution is 2.27. The monoisotopic (exact) mass is 270 g/mol. The van der Waals surface area contributed by atoms with Crippen molar-refractivity contribution in [2.45, 2.75) is 3.79 Å². The van der Waals surface area contributed by atoms with E-state index in [0.29, 0.717) is 10.3 Å². The molecule has 2 N–H and O–H groups in total. The van der Waals surface area contributed by atoms with E-state index in [1.165, 1.54) is 6.20 Å². The number of hydrogen-bond acceptors (Lipinski definition) is 2. The molecule has 14 heavy (non-hydrogen) atoms. The Bertz CT molecular complexity index is 378. The molecule has 0 saturated heterocycles. The highest BCUT2D eigenvalue weighted by Gasteiger charge is 2.30. The first-order valence-corrected chi connectivity index (χ1v) is 5.01. The van der Waals surface area contributed by atoms with Crippen LogP contribution in [0, 0.1) is 4.64 Å². The molecule has 1 heterocycles. The van der Waals surface area contributed by atoms with E-state index in [9.17, 15) is 4.79 Å². The molecule has 3 nitrogen and oxygen atoms in total. The summed E-state index contributed by atoms with van der Waals surface area (Å²) in [4.78, 5) is 13.9. The predicted octanol–water partition coefficient (Wildman–Crippen LogP) is 3.05. The zero-order chi connectivity index (χ0) is 10.8. The van der Waals surface area contributed by atoms with Crippen LogP contribution in [0.2, 0.25) is 0 Å². The van der Waals surface area contributed by atoms with Crippen LogP contribution in [0.25, 0.3) is 0 Å². The van der Waals surface area contributed by atoms with Crippen molar-refractivity contribution < 1.29 is 4.79 Å². The van der Waals surface area contributed by atoms with Crippen molar-refractivity contribution in [2.75, 3.05) is 5.32 Å². The quantitative estimate of drug-likeness (QED) is 0.609. The summed E-state index contributed by atoms with van der Waals surface area (Å²) in [5.74, 6) is -0.715. The van der Waals surface area contributed by atoms with Crippen molar-refractivity contribution in [1.29, 1.82) is 0 Å². The molecule has 7 heteroatoms. The third-order valence-corrected chi connectivity index (χ3v) is 2.07. The average molecular weight is 272 g/mol. The fourth-order valence-electron chi connectivity index (χ4n) is 0.690. The number of hydrogen-bond donors (Lipinski definition) is 2. The van der Waals surface area contributed by atoms with E-state index < -0.39 is 9.70 Å². The number of aromatic amines is 1. The smallest absolute Gasteiger partial charge is 0.276 e. The number of nitrogens with one attached hydrogen (secondary N) is 2. The van der Waals surface area contributed by atoms with E-state index in [1.54, 1.807) is 12.1 Å². The van der Waals surface area contributed by atoms with Crippen LogP contribution in [0.1, 0.15) is 0 Å². The van der Waals surface area contributed by atoms with Crippen molar-refractivity contribution >= 4 is 58.6 Å². The minimum atomic E-state index is -1.97. The van der Waals surface area contributed by atoms with Crippen LogP contribution in [0.3, 0.4) is 0 Å². The lowest BCUT2D eigenvalue weighted by Crippen LogP contribution is -2.26. The van der Waals surface area contributed by atoms with E-state index in [4.69, 9.17) is 47.0 Å². The van der Waals surface area contributed by atoms with E-state index >= 15 is 0 Å². The topological polar surface area (TPSA) is 44.9 Å². The lowest BCUT2D eigenvalue weighted by Gasteiger charge is -2.10. The number of anilines is 1. The van der Waals surface area contributed by atoms with Crippen molar-refractivity contribution in [2.24, 2.45) is 0 Å². The standard InChI is InChI=1S/C7H5Cl3N2OS/c8-7(9,10)6(13)12-4-1-2-5(14)11-3-4/h1-3H,(H,11,14)(H,12,13). The van der Waals surface area contributed by atoms with Gasteiger partial charge in [-0.25, -0.2) is 0 Å². The van der Waals surface area contributed by atoms with Gasteiger partial charge in [-0.2, -0.15) is 0 Å². The zero-order valence-electron chi connectivity index (χ0n) is 6.68. The molecular weight excluding hydrogens is 267 g/mol. The summed E-state index contributed by atoms with van der Waals surface area (Å²) in [5.41, 5.74) is 0.481. The summed E-state index contributed by atoms with van der Waals surface area (Å²) >= 11 is 20.9. The fraction of sp³-hybridized carbons (Fsp3) is 0.143. The molecule has 0 aromatic carbocycles. The maximum Gasteiger partial charge on any atom is 0.276 e. The summed E-state index contributed by atoms with van der Waals surface area (Å²) in [6.45, 7) is 0. The Morgan fingerprint density at radius 2 is 2.07 bits per heavy atom. The predicted molar refractivity (Wildman–Crippen MR) is 60.5 cm³/mol. The second-order valence-corrected chi connectivity index (χ2v) is 5.11. The van der Waals surface area contributed by atoms with Gasteiger partial charge in [0.1, 0.15) is 4.64 Å². The van der Waals surface area contributed by atoms with Crippen LogP contribution >= 0.6 is 47.0 Å². The van der Waals surface area contributed by atoms with Gasteiger partial charge in [-0.05, 0) is 12.1 Å². The molecule has 0 fully saturated rings. The van der Waals surface area contributed by atoms with Crippen molar-refractivity contribution in [3.63, 3.8) is 0 Å². The van der Waals surface area contributed by atoms with E-state index in [-0.39, 0.29) is 0 Å². The molecule has 1 aromatic heterocycles. The Morgan fingerprint density at radius 1 is 1.43 bits per heavy atom. The minimum absolute atomic E-state index is 0.481. The van der Waals surface area contributed by atoms with Crippen LogP contribution < -0.4 is 5.32 Å². The molecule has 0 radical (unpaired) electrons. The minimum Gasteiger partial charge on any atom is -0.351 e. The SMILES string of the molecule is O=C(Nc1ccc(=S)[nH]c1)C(Cl)(Cl)Cl. The number of amides is 1. The first-order valence-electron chi connectivity index (χ1n) is 3.46. The molecule has 1 rings (SSSR count). The molecular formula is C7H5Cl3N2OS. The highest BCUT2D eigenvalue weighted by molar-refractivity contribution is 7.71. The van der Waals surface area contributed by atoms with Crippen LogP contribution in [-0.4, -0.2) is 14.7 Å². The van der Waals surface area contributed by atoms with E-state index in [1.807, 2.05) is 0 Å². The average Bonchev–Trinajstić information content (AvgIpc) is 2.07. The molecule has 0 aliphatic carbocycles. The van der Waals surface area contributed by atoms with E-state index in [0.717, 1.165) is 0 Å². The third-order valence-electron chi connectivity index (χ3n) is 1.30. The first kappa shape index (κ1) is 11.8. The third kappa shape index (κ3) is 3.46. The van der Waals surface area contributed by atoms with Gasteiger partial charge in [0.15, 0.2) is 0 Å². The second-order valence-electron chi connectivity index (χ2n) is 2.39. The van der Waals surface area contributed by atoms with Gasteiger partial charge < -0.3 is 10.3 Å². The van der Waals surface area contributed by atoms with Crippen molar-refractivity contribution in [3.05, 3.63) is 23.0 Å². The molecule has 1 amide bonds. The fourth-order valence-corrected chi connectivity index (χ4v) is 0.959. The number of carbonyl (C=O) groups is 1. The van der Waals surface area contributed by atoms with Crippen LogP contribution in [-0.2, 0) is 4.79 Å². The van der Waals surface area contributed by atoms with Gasteiger partial charge in [-0.15, -0.1) is 0 Å². The number of rotatable bonds is 1. The van der Waals surface area contributed by atoms with Crippen LogP contribution in [0.4, 0.5) is 5.69 Å². The van der Waals surface area contributed by atoms with Gasteiger partial charge in [0.2, 0.25) is 0 Å². The first-order chi connectivity index (χ1) is 6.39. The number of alkyl halides is 3. The largest absolute Gasteiger partial charge is 0.351 e. The Morgan fingerprint density at radius 3 is 2.50 bits per heavy atom. The number of pyridine rings is 1. The Kier molecular flexibility index (Phi) is 3.78. The Hall–Kier alpha value is -0.290. The normalized spacial score (nSPS) is 11.1. The summed E-state index contributed by atoms with van der Waals surface area (Å²) in [5, 5.41) is 2.40.